The predicted octanol–water partition coefficient (Wildman–Crippen LogP) is 10.7. The summed E-state index contributed by atoms with van der Waals surface area (Å²) in [6, 6.07) is 0. The molecular weight excluding hydrogens is 1200 g/mol. The van der Waals surface area contributed by atoms with E-state index in [1.54, 1.807) is 0 Å². The lowest BCUT2D eigenvalue weighted by atomic mass is 9.91. The molecule has 0 aliphatic carbocycles. The van der Waals surface area contributed by atoms with Crippen LogP contribution in [0.2, 0.25) is 0 Å². The molecule has 0 heterocycles. The highest BCUT2D eigenvalue weighted by Gasteiger charge is 2.98. The van der Waals surface area contributed by atoms with Crippen LogP contribution in [0, 0.1) is 0 Å². The van der Waals surface area contributed by atoms with Gasteiger partial charge in [0.25, 0.3) is 20.0 Å². The summed E-state index contributed by atoms with van der Waals surface area (Å²) in [6.45, 7) is -13.3. The molecule has 11 nitrogen and oxygen atoms in total. The number of sulfonamides is 2. The second-order valence-electron chi connectivity index (χ2n) is 13.1. The molecular formula is C24H23F34N3O8PS2+. The quantitative estimate of drug-likeness (QED) is 0.0638. The van der Waals surface area contributed by atoms with Crippen LogP contribution in [-0.2, 0) is 33.7 Å². The van der Waals surface area contributed by atoms with E-state index in [2.05, 4.69) is 9.05 Å². The minimum atomic E-state index is -9.27. The van der Waals surface area contributed by atoms with Crippen molar-refractivity contribution in [3.8, 4) is 0 Å². The molecule has 0 saturated carbocycles. The van der Waals surface area contributed by atoms with Crippen molar-refractivity contribution in [1.82, 2.24) is 14.8 Å². The van der Waals surface area contributed by atoms with Gasteiger partial charge in [-0.3, -0.25) is 9.05 Å². The van der Waals surface area contributed by atoms with Gasteiger partial charge in [-0.15, -0.1) is 0 Å². The molecule has 0 spiro atoms. The Labute approximate surface area is 375 Å². The Morgan fingerprint density at radius 3 is 0.694 bits per heavy atom. The van der Waals surface area contributed by atoms with Crippen LogP contribution < -0.4 is 6.15 Å². The second-order valence-corrected chi connectivity index (χ2v) is 18.5. The Hall–Kier alpha value is -2.49. The van der Waals surface area contributed by atoms with E-state index in [4.69, 9.17) is 0 Å². The second kappa shape index (κ2) is 19.8. The number of quaternary nitrogens is 1. The van der Waals surface area contributed by atoms with Gasteiger partial charge in [0, 0.05) is 26.2 Å². The molecule has 0 aromatic carbocycles. The summed E-state index contributed by atoms with van der Waals surface area (Å²) in [5, 5.41) is -16.4. The fourth-order valence-electron chi connectivity index (χ4n) is 4.40. The first kappa shape index (κ1) is 71.6. The van der Waals surface area contributed by atoms with Crippen LogP contribution in [0.25, 0.3) is 0 Å². The maximum absolute atomic E-state index is 14.6. The molecule has 5 N–H and O–H groups in total. The Morgan fingerprint density at radius 2 is 0.528 bits per heavy atom. The summed E-state index contributed by atoms with van der Waals surface area (Å²) in [5.41, 5.74) is 0. The van der Waals surface area contributed by atoms with Crippen molar-refractivity contribution in [3.63, 3.8) is 0 Å². The van der Waals surface area contributed by atoms with Gasteiger partial charge in [-0.25, -0.2) is 21.4 Å². The van der Waals surface area contributed by atoms with E-state index >= 15 is 0 Å². The number of likely N-dealkylation sites (N-methyl/N-ethyl adjacent to an activating group) is 2. The Morgan fingerprint density at radius 1 is 0.361 bits per heavy atom. The van der Waals surface area contributed by atoms with Crippen LogP contribution >= 0.6 is 7.82 Å². The standard InChI is InChI=1S/C24H19F34N2O8PS2.H3N/c1-3-59(70(63,64)23(55,56)19(45,46)15(37,38)11(29,30)9(25,26)13(33,34)17(41,42)21(49,50)51)5-7-67-69(61,62)68-8-6-60(4-2)71(65,66)24(57,58)20(47,48)16(39,40)12(31,32)10(27,28)14(35,36)18(43,44)22(52,53)54;/h3-8H2,1-2H3,(H,61,62);1H3/p+1. The first-order chi connectivity index (χ1) is 30.3. The first-order valence-electron chi connectivity index (χ1n) is 16.4. The normalized spacial score (nSPS) is 16.4. The number of hydrogen-bond acceptors (Lipinski definition) is 7. The molecule has 0 amide bonds. The van der Waals surface area contributed by atoms with Crippen molar-refractivity contribution >= 4 is 27.9 Å². The third-order valence-corrected chi connectivity index (χ3v) is 13.7. The van der Waals surface area contributed by atoms with Crippen LogP contribution in [0.1, 0.15) is 13.8 Å². The van der Waals surface area contributed by atoms with Crippen molar-refractivity contribution in [3.05, 3.63) is 0 Å². The van der Waals surface area contributed by atoms with E-state index in [9.17, 15) is 176 Å². The molecule has 0 aliphatic rings. The maximum Gasteiger partial charge on any atom is 0.472 e. The molecule has 48 heteroatoms. The summed E-state index contributed by atoms with van der Waals surface area (Å²) < 4.78 is 527. The van der Waals surface area contributed by atoms with E-state index in [-0.39, 0.29) is 20.0 Å². The van der Waals surface area contributed by atoms with E-state index in [0.29, 0.717) is 0 Å². The summed E-state index contributed by atoms with van der Waals surface area (Å²) >= 11 is 0. The van der Waals surface area contributed by atoms with E-state index in [0.717, 1.165) is 0 Å². The number of halogens is 34. The van der Waals surface area contributed by atoms with Crippen LogP contribution in [-0.4, -0.2) is 164 Å². The van der Waals surface area contributed by atoms with Crippen molar-refractivity contribution in [2.45, 2.75) is 108 Å². The molecule has 0 aliphatic heterocycles. The van der Waals surface area contributed by atoms with Gasteiger partial charge in [0.05, 0.1) is 13.2 Å². The van der Waals surface area contributed by atoms with Crippen LogP contribution in [0.5, 0.6) is 0 Å². The third kappa shape index (κ3) is 10.2. The highest BCUT2D eigenvalue weighted by Crippen LogP contribution is 2.67. The van der Waals surface area contributed by atoms with Crippen molar-refractivity contribution in [1.29, 1.82) is 0 Å². The number of alkyl halides is 34. The fourth-order valence-corrected chi connectivity index (χ4v) is 7.96. The van der Waals surface area contributed by atoms with Gasteiger partial charge in [-0.1, -0.05) is 13.8 Å². The smallest absolute Gasteiger partial charge is 0.369 e. The van der Waals surface area contributed by atoms with Gasteiger partial charge in [-0.05, 0) is 0 Å². The summed E-state index contributed by atoms with van der Waals surface area (Å²) in [5.74, 6) is -108. The molecule has 0 atom stereocenters. The van der Waals surface area contributed by atoms with Crippen LogP contribution in [0.3, 0.4) is 0 Å². The lowest BCUT2D eigenvalue weighted by Gasteiger charge is -2.43. The molecule has 0 fully saturated rings. The minimum absolute atomic E-state index is 0. The molecule has 0 aromatic heterocycles. The average molecular weight is 1220 g/mol. The van der Waals surface area contributed by atoms with Gasteiger partial charge in [0.1, 0.15) is 0 Å². The number of phosphoric acid groups is 1. The molecule has 0 bridgehead atoms. The van der Waals surface area contributed by atoms with Gasteiger partial charge in [0.2, 0.25) is 0 Å². The van der Waals surface area contributed by atoms with E-state index in [1.807, 2.05) is 0 Å². The van der Waals surface area contributed by atoms with Crippen molar-refractivity contribution < 1.29 is 185 Å². The summed E-state index contributed by atoms with van der Waals surface area (Å²) in [4.78, 5) is 9.52. The zero-order valence-electron chi connectivity index (χ0n) is 33.6. The molecule has 72 heavy (non-hydrogen) atoms. The van der Waals surface area contributed by atoms with Gasteiger partial charge >= 0.3 is 102 Å². The third-order valence-electron chi connectivity index (χ3n) is 8.61. The monoisotopic (exact) mass is 1220 g/mol. The zero-order valence-corrected chi connectivity index (χ0v) is 36.1. The van der Waals surface area contributed by atoms with E-state index in [1.165, 1.54) is 0 Å². The fraction of sp³-hybridized carbons (Fsp3) is 1.00. The zero-order chi connectivity index (χ0) is 58.3. The van der Waals surface area contributed by atoms with Crippen molar-refractivity contribution in [2.75, 3.05) is 39.4 Å². The van der Waals surface area contributed by atoms with Gasteiger partial charge < -0.3 is 11.0 Å². The first-order valence-corrected chi connectivity index (χ1v) is 20.7. The lowest BCUT2D eigenvalue weighted by molar-refractivity contribution is -0.458. The number of nitrogens with zero attached hydrogens (tertiary/aromatic N) is 2. The number of phosphoric ester groups is 1. The molecule has 0 rings (SSSR count). The highest BCUT2D eigenvalue weighted by molar-refractivity contribution is 7.90. The molecule has 0 saturated heterocycles. The minimum Gasteiger partial charge on any atom is -0.369 e. The average Bonchev–Trinajstić information content (AvgIpc) is 3.15. The molecule has 0 aromatic rings. The van der Waals surface area contributed by atoms with Crippen LogP contribution in [0.4, 0.5) is 149 Å². The number of rotatable bonds is 26. The van der Waals surface area contributed by atoms with Gasteiger partial charge in [-0.2, -0.15) is 158 Å². The topological polar surface area (TPSA) is 167 Å². The van der Waals surface area contributed by atoms with E-state index < -0.39 is 170 Å². The lowest BCUT2D eigenvalue weighted by Crippen LogP contribution is -2.75. The molecule has 436 valence electrons. The highest BCUT2D eigenvalue weighted by atomic mass is 32.2. The van der Waals surface area contributed by atoms with Crippen molar-refractivity contribution in [2.24, 2.45) is 0 Å². The van der Waals surface area contributed by atoms with Gasteiger partial charge in [0.15, 0.2) is 0 Å². The largest absolute Gasteiger partial charge is 0.472 e. The predicted molar refractivity (Wildman–Crippen MR) is 161 cm³/mol. The molecule has 0 unspecified atom stereocenters. The SMILES string of the molecule is CCN(CCOP(=O)(O)OCCN(CC)S(=O)(=O)C(F)(F)C(F)(F)C(F)(F)C(F)(F)C(F)(F)C(F)(F)C(F)(F)C(F)(F)F)S(=O)(=O)C(F)(F)C(F)(F)C(F)(F)C(F)(F)C(F)(F)C(F)(F)C(F)(F)C(F)(F)F.[NH4+]. The summed E-state index contributed by atoms with van der Waals surface area (Å²) in [7, 11) is -22.6. The van der Waals surface area contributed by atoms with Crippen LogP contribution in [0.15, 0.2) is 0 Å². The Bertz CT molecular complexity index is 2020. The molecule has 0 radical (unpaired) electrons. The summed E-state index contributed by atoms with van der Waals surface area (Å²) in [6.07, 6.45) is -16.3. The number of hydrogen-bond donors (Lipinski definition) is 2. The Kier molecular flexibility index (Phi) is 19.7. The maximum atomic E-state index is 14.6. The Balaban J connectivity index is 0.